The Morgan fingerprint density at radius 3 is 2.38 bits per heavy atom. The number of rotatable bonds is 5. The first-order valence-electron chi connectivity index (χ1n) is 6.76. The number of aryl methyl sites for hydroxylation is 2. The van der Waals surface area contributed by atoms with E-state index in [0.717, 1.165) is 32.8 Å². The Balaban J connectivity index is 2.26. The van der Waals surface area contributed by atoms with Gasteiger partial charge in [-0.15, -0.1) is 0 Å². The predicted molar refractivity (Wildman–Crippen MR) is 90.5 cm³/mol. The second-order valence-electron chi connectivity index (χ2n) is 4.97. The average Bonchev–Trinajstić information content (AvgIpc) is 2.45. The van der Waals surface area contributed by atoms with E-state index in [1.807, 2.05) is 18.2 Å². The monoisotopic (exact) mass is 349 g/mol. The molecule has 0 unspecified atom stereocenters. The van der Waals surface area contributed by atoms with Crippen molar-refractivity contribution in [2.75, 3.05) is 19.5 Å². The quantitative estimate of drug-likeness (QED) is 0.848. The molecule has 3 nitrogen and oxygen atoms in total. The summed E-state index contributed by atoms with van der Waals surface area (Å²) in [5, 5.41) is 3.45. The Bertz CT molecular complexity index is 641. The van der Waals surface area contributed by atoms with Crippen LogP contribution in [-0.4, -0.2) is 14.2 Å². The highest BCUT2D eigenvalue weighted by molar-refractivity contribution is 9.10. The molecule has 1 N–H and O–H groups in total. The van der Waals surface area contributed by atoms with Crippen molar-refractivity contribution in [2.45, 2.75) is 20.4 Å². The van der Waals surface area contributed by atoms with E-state index in [0.29, 0.717) is 6.54 Å². The molecule has 0 amide bonds. The van der Waals surface area contributed by atoms with Crippen LogP contribution in [0.2, 0.25) is 0 Å². The summed E-state index contributed by atoms with van der Waals surface area (Å²) < 4.78 is 11.9. The van der Waals surface area contributed by atoms with E-state index in [9.17, 15) is 0 Å². The van der Waals surface area contributed by atoms with Gasteiger partial charge in [-0.25, -0.2) is 0 Å². The van der Waals surface area contributed by atoms with Gasteiger partial charge in [0.05, 0.1) is 19.9 Å². The van der Waals surface area contributed by atoms with Crippen LogP contribution in [0.25, 0.3) is 0 Å². The van der Waals surface area contributed by atoms with Crippen LogP contribution in [0.15, 0.2) is 34.8 Å². The van der Waals surface area contributed by atoms with E-state index in [2.05, 4.69) is 47.2 Å². The Morgan fingerprint density at radius 1 is 1.00 bits per heavy atom. The second-order valence-corrected chi connectivity index (χ2v) is 5.88. The highest BCUT2D eigenvalue weighted by Gasteiger charge is 2.09. The third kappa shape index (κ3) is 3.70. The number of hydrogen-bond acceptors (Lipinski definition) is 3. The molecular weight excluding hydrogens is 330 g/mol. The molecule has 0 radical (unpaired) electrons. The lowest BCUT2D eigenvalue weighted by Crippen LogP contribution is -2.05. The molecule has 0 atom stereocenters. The summed E-state index contributed by atoms with van der Waals surface area (Å²) in [5.41, 5.74) is 4.48. The molecule has 0 aliphatic rings. The molecule has 2 rings (SSSR count). The summed E-state index contributed by atoms with van der Waals surface area (Å²) in [5.74, 6) is 1.72. The average molecular weight is 350 g/mol. The van der Waals surface area contributed by atoms with Gasteiger partial charge in [0.25, 0.3) is 0 Å². The first-order valence-corrected chi connectivity index (χ1v) is 7.56. The summed E-state index contributed by atoms with van der Waals surface area (Å²) in [6, 6.07) is 10.2. The summed E-state index contributed by atoms with van der Waals surface area (Å²) >= 11 is 3.49. The molecule has 0 heterocycles. The topological polar surface area (TPSA) is 30.5 Å². The highest BCUT2D eigenvalue weighted by Crippen LogP contribution is 2.33. The van der Waals surface area contributed by atoms with E-state index < -0.39 is 0 Å². The molecule has 0 fully saturated rings. The minimum atomic E-state index is 0.684. The normalized spacial score (nSPS) is 10.3. The van der Waals surface area contributed by atoms with Crippen molar-refractivity contribution >= 4 is 21.6 Å². The van der Waals surface area contributed by atoms with Gasteiger partial charge < -0.3 is 14.8 Å². The number of ether oxygens (including phenoxy) is 2. The summed E-state index contributed by atoms with van der Waals surface area (Å²) in [4.78, 5) is 0. The molecule has 0 aliphatic heterocycles. The van der Waals surface area contributed by atoms with Gasteiger partial charge in [-0.05, 0) is 37.6 Å². The lowest BCUT2D eigenvalue weighted by Gasteiger charge is -2.16. The fourth-order valence-corrected chi connectivity index (χ4v) is 2.88. The Labute approximate surface area is 134 Å². The Hall–Kier alpha value is -1.68. The minimum Gasteiger partial charge on any atom is -0.496 e. The van der Waals surface area contributed by atoms with Crippen LogP contribution in [0.4, 0.5) is 5.69 Å². The molecule has 0 saturated carbocycles. The highest BCUT2D eigenvalue weighted by atomic mass is 79.9. The molecule has 2 aromatic carbocycles. The van der Waals surface area contributed by atoms with Gasteiger partial charge in [0.1, 0.15) is 11.5 Å². The Kier molecular flexibility index (Phi) is 5.12. The maximum atomic E-state index is 5.45. The van der Waals surface area contributed by atoms with E-state index in [1.165, 1.54) is 5.56 Å². The first-order chi connectivity index (χ1) is 10.0. The van der Waals surface area contributed by atoms with Crippen molar-refractivity contribution < 1.29 is 9.47 Å². The maximum Gasteiger partial charge on any atom is 0.143 e. The fraction of sp³-hybridized carbons (Fsp3) is 0.294. The van der Waals surface area contributed by atoms with Crippen molar-refractivity contribution in [3.8, 4) is 11.5 Å². The number of anilines is 1. The van der Waals surface area contributed by atoms with Gasteiger partial charge in [0, 0.05) is 16.6 Å². The van der Waals surface area contributed by atoms with Gasteiger partial charge in [-0.2, -0.15) is 0 Å². The first kappa shape index (κ1) is 15.7. The predicted octanol–water partition coefficient (Wildman–Crippen LogP) is 4.70. The third-order valence-corrected chi connectivity index (χ3v) is 3.83. The number of methoxy groups -OCH3 is 2. The maximum absolute atomic E-state index is 5.45. The summed E-state index contributed by atoms with van der Waals surface area (Å²) in [6.45, 7) is 4.82. The fourth-order valence-electron chi connectivity index (χ4n) is 2.33. The number of halogens is 1. The second kappa shape index (κ2) is 6.85. The van der Waals surface area contributed by atoms with Crippen LogP contribution in [0.5, 0.6) is 11.5 Å². The minimum absolute atomic E-state index is 0.684. The molecule has 112 valence electrons. The van der Waals surface area contributed by atoms with E-state index >= 15 is 0 Å². The molecule has 21 heavy (non-hydrogen) atoms. The van der Waals surface area contributed by atoms with Crippen LogP contribution < -0.4 is 14.8 Å². The van der Waals surface area contributed by atoms with E-state index in [-0.39, 0.29) is 0 Å². The SMILES string of the molecule is COc1ccc(C)cc1CNc1c(C)cc(Br)cc1OC. The molecule has 2 aromatic rings. The van der Waals surface area contributed by atoms with Crippen molar-refractivity contribution in [3.05, 3.63) is 51.5 Å². The summed E-state index contributed by atoms with van der Waals surface area (Å²) in [6.07, 6.45) is 0. The van der Waals surface area contributed by atoms with E-state index in [4.69, 9.17) is 9.47 Å². The van der Waals surface area contributed by atoms with Gasteiger partial charge in [-0.1, -0.05) is 33.6 Å². The molecule has 4 heteroatoms. The molecule has 0 saturated heterocycles. The van der Waals surface area contributed by atoms with Crippen molar-refractivity contribution in [3.63, 3.8) is 0 Å². The number of nitrogens with one attached hydrogen (secondary N) is 1. The lowest BCUT2D eigenvalue weighted by atomic mass is 10.1. The molecular formula is C17H20BrNO2. The lowest BCUT2D eigenvalue weighted by molar-refractivity contribution is 0.409. The van der Waals surface area contributed by atoms with Crippen LogP contribution >= 0.6 is 15.9 Å². The van der Waals surface area contributed by atoms with Crippen LogP contribution in [-0.2, 0) is 6.54 Å². The number of benzene rings is 2. The molecule has 0 aromatic heterocycles. The molecule has 0 spiro atoms. The zero-order chi connectivity index (χ0) is 15.4. The van der Waals surface area contributed by atoms with Crippen LogP contribution in [0.3, 0.4) is 0 Å². The Morgan fingerprint density at radius 2 is 1.71 bits per heavy atom. The zero-order valence-corrected chi connectivity index (χ0v) is 14.4. The van der Waals surface area contributed by atoms with E-state index in [1.54, 1.807) is 14.2 Å². The van der Waals surface area contributed by atoms with Crippen LogP contribution in [0.1, 0.15) is 16.7 Å². The van der Waals surface area contributed by atoms with Crippen molar-refractivity contribution in [1.29, 1.82) is 0 Å². The standard InChI is InChI=1S/C17H20BrNO2/c1-11-5-6-15(20-3)13(7-11)10-19-17-12(2)8-14(18)9-16(17)21-4/h5-9,19H,10H2,1-4H3. The largest absolute Gasteiger partial charge is 0.496 e. The van der Waals surface area contributed by atoms with Crippen LogP contribution in [0, 0.1) is 13.8 Å². The molecule has 0 aliphatic carbocycles. The zero-order valence-electron chi connectivity index (χ0n) is 12.8. The molecule has 0 bridgehead atoms. The van der Waals surface area contributed by atoms with Gasteiger partial charge in [0.15, 0.2) is 0 Å². The smallest absolute Gasteiger partial charge is 0.143 e. The third-order valence-electron chi connectivity index (χ3n) is 3.38. The van der Waals surface area contributed by atoms with Crippen molar-refractivity contribution in [2.24, 2.45) is 0 Å². The van der Waals surface area contributed by atoms with Gasteiger partial charge in [-0.3, -0.25) is 0 Å². The number of hydrogen-bond donors (Lipinski definition) is 1. The van der Waals surface area contributed by atoms with Crippen molar-refractivity contribution in [1.82, 2.24) is 0 Å². The summed E-state index contributed by atoms with van der Waals surface area (Å²) in [7, 11) is 3.37. The van der Waals surface area contributed by atoms with Gasteiger partial charge in [0.2, 0.25) is 0 Å². The van der Waals surface area contributed by atoms with Gasteiger partial charge >= 0.3 is 0 Å².